The third-order valence-electron chi connectivity index (χ3n) is 3.24. The first kappa shape index (κ1) is 13.0. The third kappa shape index (κ3) is 2.13. The van der Waals surface area contributed by atoms with Gasteiger partial charge in [-0.05, 0) is 30.3 Å². The molecule has 2 heterocycles. The van der Waals surface area contributed by atoms with Crippen molar-refractivity contribution < 1.29 is 9.84 Å². The van der Waals surface area contributed by atoms with E-state index in [0.717, 1.165) is 5.52 Å². The van der Waals surface area contributed by atoms with E-state index in [1.807, 2.05) is 24.4 Å². The minimum Gasteiger partial charge on any atom is -0.496 e. The molecule has 0 radical (unpaired) electrons. The first-order valence-corrected chi connectivity index (χ1v) is 6.52. The average Bonchev–Trinajstić information content (AvgIpc) is 2.90. The van der Waals surface area contributed by atoms with E-state index in [9.17, 15) is 5.11 Å². The zero-order chi connectivity index (χ0) is 14.1. The van der Waals surface area contributed by atoms with Crippen LogP contribution in [0.3, 0.4) is 0 Å². The number of pyridine rings is 1. The number of hydrogen-bond acceptors (Lipinski definition) is 3. The molecule has 1 atom stereocenters. The number of aliphatic hydroxyl groups is 1. The maximum atomic E-state index is 10.6. The topological polar surface area (TPSA) is 46.8 Å². The lowest BCUT2D eigenvalue weighted by molar-refractivity contribution is 0.216. The fourth-order valence-corrected chi connectivity index (χ4v) is 2.43. The summed E-state index contributed by atoms with van der Waals surface area (Å²) < 4.78 is 7.00. The Morgan fingerprint density at radius 3 is 2.90 bits per heavy atom. The lowest BCUT2D eigenvalue weighted by Crippen LogP contribution is -2.02. The maximum absolute atomic E-state index is 10.6. The van der Waals surface area contributed by atoms with Gasteiger partial charge in [-0.2, -0.15) is 5.10 Å². The fourth-order valence-electron chi connectivity index (χ4n) is 2.25. The number of methoxy groups -OCH3 is 1. The number of aromatic nitrogens is 2. The molecule has 4 nitrogen and oxygen atoms in total. The van der Waals surface area contributed by atoms with Crippen LogP contribution in [0.1, 0.15) is 17.2 Å². The molecule has 0 bridgehead atoms. The normalized spacial score (nSPS) is 12.6. The van der Waals surface area contributed by atoms with Crippen LogP contribution in [0.4, 0.5) is 0 Å². The van der Waals surface area contributed by atoms with E-state index in [-0.39, 0.29) is 0 Å². The molecule has 3 rings (SSSR count). The van der Waals surface area contributed by atoms with E-state index < -0.39 is 6.10 Å². The summed E-state index contributed by atoms with van der Waals surface area (Å²) >= 11 is 6.01. The van der Waals surface area contributed by atoms with Crippen LogP contribution in [0, 0.1) is 0 Å². The van der Waals surface area contributed by atoms with Crippen LogP contribution in [-0.2, 0) is 0 Å². The standard InChI is InChI=1S/C15H13ClN2O2/c1-20-14-6-5-10(16)8-11(14)15(19)12-9-17-18-7-3-2-4-13(12)18/h2-9,15,19H,1H3. The average molecular weight is 289 g/mol. The molecule has 0 saturated heterocycles. The highest BCUT2D eigenvalue weighted by Gasteiger charge is 2.19. The van der Waals surface area contributed by atoms with E-state index in [4.69, 9.17) is 16.3 Å². The summed E-state index contributed by atoms with van der Waals surface area (Å²) in [7, 11) is 1.57. The second kappa shape index (κ2) is 5.15. The fraction of sp³-hybridized carbons (Fsp3) is 0.133. The SMILES string of the molecule is COc1ccc(Cl)cc1C(O)c1cnn2ccccc12. The smallest absolute Gasteiger partial charge is 0.125 e. The van der Waals surface area contributed by atoms with Gasteiger partial charge in [0, 0.05) is 22.3 Å². The molecule has 1 aromatic carbocycles. The van der Waals surface area contributed by atoms with Crippen molar-refractivity contribution in [1.29, 1.82) is 0 Å². The van der Waals surface area contributed by atoms with Gasteiger partial charge in [0.2, 0.25) is 0 Å². The maximum Gasteiger partial charge on any atom is 0.125 e. The largest absolute Gasteiger partial charge is 0.496 e. The molecule has 0 spiro atoms. The zero-order valence-electron chi connectivity index (χ0n) is 10.8. The summed E-state index contributed by atoms with van der Waals surface area (Å²) in [4.78, 5) is 0. The van der Waals surface area contributed by atoms with Gasteiger partial charge in [-0.1, -0.05) is 17.7 Å². The molecule has 0 aliphatic heterocycles. The number of rotatable bonds is 3. The third-order valence-corrected chi connectivity index (χ3v) is 3.47. The van der Waals surface area contributed by atoms with Crippen molar-refractivity contribution in [2.45, 2.75) is 6.10 Å². The molecule has 1 unspecified atom stereocenters. The minimum absolute atomic E-state index is 0.552. The van der Waals surface area contributed by atoms with Crippen LogP contribution < -0.4 is 4.74 Å². The van der Waals surface area contributed by atoms with Gasteiger partial charge < -0.3 is 9.84 Å². The number of aliphatic hydroxyl groups excluding tert-OH is 1. The zero-order valence-corrected chi connectivity index (χ0v) is 11.6. The summed E-state index contributed by atoms with van der Waals surface area (Å²) in [5.74, 6) is 0.595. The molecule has 0 saturated carbocycles. The lowest BCUT2D eigenvalue weighted by Gasteiger charge is -2.14. The van der Waals surface area contributed by atoms with Crippen LogP contribution >= 0.6 is 11.6 Å². The summed E-state index contributed by atoms with van der Waals surface area (Å²) in [5.41, 5.74) is 2.19. The van der Waals surface area contributed by atoms with Crippen LogP contribution in [0.2, 0.25) is 5.02 Å². The summed E-state index contributed by atoms with van der Waals surface area (Å²) in [6.07, 6.45) is 2.64. The Balaban J connectivity index is 2.13. The van der Waals surface area contributed by atoms with Crippen LogP contribution in [-0.4, -0.2) is 21.8 Å². The number of nitrogens with zero attached hydrogens (tertiary/aromatic N) is 2. The number of fused-ring (bicyclic) bond motifs is 1. The van der Waals surface area contributed by atoms with Crippen molar-refractivity contribution in [3.63, 3.8) is 0 Å². The van der Waals surface area contributed by atoms with Crippen LogP contribution in [0.25, 0.3) is 5.52 Å². The minimum atomic E-state index is -0.844. The van der Waals surface area contributed by atoms with Crippen LogP contribution in [0.5, 0.6) is 5.75 Å². The van der Waals surface area contributed by atoms with E-state index in [2.05, 4.69) is 5.10 Å². The molecule has 5 heteroatoms. The van der Waals surface area contributed by atoms with E-state index >= 15 is 0 Å². The summed E-state index contributed by atoms with van der Waals surface area (Å²) in [6.45, 7) is 0. The molecule has 2 aromatic heterocycles. The van der Waals surface area contributed by atoms with E-state index in [1.54, 1.807) is 36.0 Å². The second-order valence-electron chi connectivity index (χ2n) is 4.42. The molecule has 0 aliphatic carbocycles. The van der Waals surface area contributed by atoms with Gasteiger partial charge in [-0.25, -0.2) is 4.52 Å². The highest BCUT2D eigenvalue weighted by atomic mass is 35.5. The van der Waals surface area contributed by atoms with Gasteiger partial charge in [0.25, 0.3) is 0 Å². The van der Waals surface area contributed by atoms with Crippen molar-refractivity contribution in [3.8, 4) is 5.75 Å². The van der Waals surface area contributed by atoms with Gasteiger partial charge >= 0.3 is 0 Å². The molecule has 0 aliphatic rings. The number of benzene rings is 1. The molecule has 102 valence electrons. The predicted molar refractivity (Wildman–Crippen MR) is 77.3 cm³/mol. The van der Waals surface area contributed by atoms with Crippen LogP contribution in [0.15, 0.2) is 48.8 Å². The molecular formula is C15H13ClN2O2. The van der Waals surface area contributed by atoms with Crippen molar-refractivity contribution in [2.75, 3.05) is 7.11 Å². The second-order valence-corrected chi connectivity index (χ2v) is 4.86. The number of hydrogen-bond donors (Lipinski definition) is 1. The Bertz CT molecular complexity index is 754. The number of halogens is 1. The Morgan fingerprint density at radius 2 is 2.10 bits per heavy atom. The van der Waals surface area contributed by atoms with E-state index in [0.29, 0.717) is 21.9 Å². The van der Waals surface area contributed by atoms with Crippen molar-refractivity contribution >= 4 is 17.1 Å². The summed E-state index contributed by atoms with van der Waals surface area (Å²) in [5, 5.41) is 15.4. The summed E-state index contributed by atoms with van der Waals surface area (Å²) in [6, 6.07) is 10.9. The Hall–Kier alpha value is -2.04. The monoisotopic (exact) mass is 288 g/mol. The van der Waals surface area contributed by atoms with Gasteiger partial charge in [0.1, 0.15) is 11.9 Å². The number of ether oxygens (including phenoxy) is 1. The van der Waals surface area contributed by atoms with Gasteiger partial charge in [0.05, 0.1) is 18.8 Å². The molecular weight excluding hydrogens is 276 g/mol. The molecule has 0 amide bonds. The molecule has 1 N–H and O–H groups in total. The molecule has 0 fully saturated rings. The predicted octanol–water partition coefficient (Wildman–Crippen LogP) is 3.08. The van der Waals surface area contributed by atoms with Crippen molar-refractivity contribution in [1.82, 2.24) is 9.61 Å². The van der Waals surface area contributed by atoms with Gasteiger partial charge in [0.15, 0.2) is 0 Å². The van der Waals surface area contributed by atoms with Gasteiger partial charge in [-0.3, -0.25) is 0 Å². The Kier molecular flexibility index (Phi) is 3.34. The molecule has 20 heavy (non-hydrogen) atoms. The Labute approximate surface area is 121 Å². The highest BCUT2D eigenvalue weighted by molar-refractivity contribution is 6.30. The first-order valence-electron chi connectivity index (χ1n) is 6.14. The van der Waals surface area contributed by atoms with Crippen molar-refractivity contribution in [3.05, 3.63) is 64.9 Å². The quantitative estimate of drug-likeness (QED) is 0.806. The lowest BCUT2D eigenvalue weighted by atomic mass is 10.0. The molecule has 3 aromatic rings. The first-order chi connectivity index (χ1) is 9.70. The highest BCUT2D eigenvalue weighted by Crippen LogP contribution is 2.33. The van der Waals surface area contributed by atoms with Crippen molar-refractivity contribution in [2.24, 2.45) is 0 Å². The Morgan fingerprint density at radius 1 is 1.25 bits per heavy atom. The van der Waals surface area contributed by atoms with Gasteiger partial charge in [-0.15, -0.1) is 0 Å². The van der Waals surface area contributed by atoms with E-state index in [1.165, 1.54) is 0 Å².